The average molecular weight is 268 g/mol. The van der Waals surface area contributed by atoms with Gasteiger partial charge in [-0.3, -0.25) is 4.90 Å². The molecule has 108 valence electrons. The van der Waals surface area contributed by atoms with E-state index in [0.29, 0.717) is 12.6 Å². The standard InChI is InChI=1S/C13H24N4O2/c1-2-12-15-16-13(19-12)10-17-7-4-11(5-8-17)18-9-3-6-14/h11H,2-10,14H2,1H3. The van der Waals surface area contributed by atoms with Crippen molar-refractivity contribution in [1.82, 2.24) is 15.1 Å². The van der Waals surface area contributed by atoms with Gasteiger partial charge in [0.15, 0.2) is 0 Å². The number of rotatable bonds is 7. The SMILES string of the molecule is CCc1nnc(CN2CCC(OCCCN)CC2)o1. The third-order valence-electron chi connectivity index (χ3n) is 3.41. The number of nitrogens with two attached hydrogens (primary N) is 1. The molecule has 0 saturated carbocycles. The summed E-state index contributed by atoms with van der Waals surface area (Å²) in [7, 11) is 0. The fraction of sp³-hybridized carbons (Fsp3) is 0.846. The number of aromatic nitrogens is 2. The van der Waals surface area contributed by atoms with Gasteiger partial charge in [0.05, 0.1) is 12.6 Å². The van der Waals surface area contributed by atoms with Gasteiger partial charge in [-0.1, -0.05) is 6.92 Å². The molecule has 1 aromatic heterocycles. The Hall–Kier alpha value is -0.980. The Morgan fingerprint density at radius 1 is 1.32 bits per heavy atom. The molecule has 1 saturated heterocycles. The van der Waals surface area contributed by atoms with Crippen molar-refractivity contribution >= 4 is 0 Å². The third-order valence-corrected chi connectivity index (χ3v) is 3.41. The van der Waals surface area contributed by atoms with Crippen molar-refractivity contribution < 1.29 is 9.15 Å². The zero-order chi connectivity index (χ0) is 13.5. The molecule has 1 aliphatic heterocycles. The number of likely N-dealkylation sites (tertiary alicyclic amines) is 1. The molecule has 0 aromatic carbocycles. The Balaban J connectivity index is 1.68. The van der Waals surface area contributed by atoms with Crippen LogP contribution in [0.5, 0.6) is 0 Å². The maximum absolute atomic E-state index is 5.79. The molecule has 0 bridgehead atoms. The second kappa shape index (κ2) is 7.57. The molecule has 2 rings (SSSR count). The summed E-state index contributed by atoms with van der Waals surface area (Å²) in [5, 5.41) is 8.04. The summed E-state index contributed by atoms with van der Waals surface area (Å²) in [6.07, 6.45) is 4.27. The second-order valence-corrected chi connectivity index (χ2v) is 4.93. The molecule has 2 N–H and O–H groups in total. The minimum absolute atomic E-state index is 0.386. The minimum atomic E-state index is 0.386. The number of hydrogen-bond donors (Lipinski definition) is 1. The molecule has 19 heavy (non-hydrogen) atoms. The zero-order valence-corrected chi connectivity index (χ0v) is 11.7. The highest BCUT2D eigenvalue weighted by molar-refractivity contribution is 4.83. The number of nitrogens with zero attached hydrogens (tertiary/aromatic N) is 3. The Labute approximate surface area is 114 Å². The molecule has 0 unspecified atom stereocenters. The topological polar surface area (TPSA) is 77.4 Å². The van der Waals surface area contributed by atoms with Crippen LogP contribution in [0, 0.1) is 0 Å². The molecule has 1 aliphatic rings. The lowest BCUT2D eigenvalue weighted by Gasteiger charge is -2.30. The summed E-state index contributed by atoms with van der Waals surface area (Å²) < 4.78 is 11.3. The second-order valence-electron chi connectivity index (χ2n) is 4.93. The number of hydrogen-bond acceptors (Lipinski definition) is 6. The highest BCUT2D eigenvalue weighted by Gasteiger charge is 2.21. The predicted molar refractivity (Wildman–Crippen MR) is 71.6 cm³/mol. The van der Waals surface area contributed by atoms with Gasteiger partial charge in [-0.2, -0.15) is 0 Å². The van der Waals surface area contributed by atoms with Crippen molar-refractivity contribution in [2.24, 2.45) is 5.73 Å². The molecule has 6 heteroatoms. The highest BCUT2D eigenvalue weighted by Crippen LogP contribution is 2.16. The molecule has 1 fully saturated rings. The van der Waals surface area contributed by atoms with Crippen LogP contribution in [-0.4, -0.2) is 47.4 Å². The molecule has 1 aromatic rings. The van der Waals surface area contributed by atoms with E-state index in [2.05, 4.69) is 15.1 Å². The lowest BCUT2D eigenvalue weighted by molar-refractivity contribution is 0.00407. The fourth-order valence-electron chi connectivity index (χ4n) is 2.25. The van der Waals surface area contributed by atoms with Crippen molar-refractivity contribution in [1.29, 1.82) is 0 Å². The van der Waals surface area contributed by atoms with Crippen molar-refractivity contribution in [3.8, 4) is 0 Å². The maximum Gasteiger partial charge on any atom is 0.230 e. The number of ether oxygens (including phenoxy) is 1. The zero-order valence-electron chi connectivity index (χ0n) is 11.7. The van der Waals surface area contributed by atoms with E-state index in [0.717, 1.165) is 63.7 Å². The monoisotopic (exact) mass is 268 g/mol. The van der Waals surface area contributed by atoms with Gasteiger partial charge in [0.2, 0.25) is 11.8 Å². The van der Waals surface area contributed by atoms with Crippen LogP contribution in [0.1, 0.15) is 38.0 Å². The van der Waals surface area contributed by atoms with Gasteiger partial charge in [-0.05, 0) is 25.8 Å². The van der Waals surface area contributed by atoms with E-state index in [4.69, 9.17) is 14.9 Å². The van der Waals surface area contributed by atoms with E-state index in [-0.39, 0.29) is 0 Å². The summed E-state index contributed by atoms with van der Waals surface area (Å²) >= 11 is 0. The van der Waals surface area contributed by atoms with Crippen molar-refractivity contribution in [3.63, 3.8) is 0 Å². The summed E-state index contributed by atoms with van der Waals surface area (Å²) in [5.74, 6) is 1.44. The van der Waals surface area contributed by atoms with E-state index in [1.54, 1.807) is 0 Å². The van der Waals surface area contributed by atoms with Crippen LogP contribution in [0.2, 0.25) is 0 Å². The number of piperidine rings is 1. The predicted octanol–water partition coefficient (Wildman–Crippen LogP) is 0.962. The summed E-state index contributed by atoms with van der Waals surface area (Å²) in [5.41, 5.74) is 5.45. The van der Waals surface area contributed by atoms with Gasteiger partial charge in [-0.25, -0.2) is 0 Å². The Morgan fingerprint density at radius 3 is 2.68 bits per heavy atom. The molecular formula is C13H24N4O2. The van der Waals surface area contributed by atoms with Gasteiger partial charge in [0.1, 0.15) is 0 Å². The van der Waals surface area contributed by atoms with E-state index in [1.807, 2.05) is 6.92 Å². The van der Waals surface area contributed by atoms with Crippen LogP contribution in [0.15, 0.2) is 4.42 Å². The van der Waals surface area contributed by atoms with Crippen LogP contribution in [0.3, 0.4) is 0 Å². The van der Waals surface area contributed by atoms with Crippen molar-refractivity contribution in [2.75, 3.05) is 26.2 Å². The van der Waals surface area contributed by atoms with Crippen molar-refractivity contribution in [2.45, 2.75) is 45.3 Å². The van der Waals surface area contributed by atoms with E-state index in [1.165, 1.54) is 0 Å². The first kappa shape index (κ1) is 14.4. The molecule has 0 spiro atoms. The molecule has 0 radical (unpaired) electrons. The molecule has 0 aliphatic carbocycles. The van der Waals surface area contributed by atoms with Gasteiger partial charge >= 0.3 is 0 Å². The Bertz CT molecular complexity index is 361. The van der Waals surface area contributed by atoms with Gasteiger partial charge in [0.25, 0.3) is 0 Å². The number of aryl methyl sites for hydroxylation is 1. The summed E-state index contributed by atoms with van der Waals surface area (Å²) in [4.78, 5) is 2.34. The lowest BCUT2D eigenvalue weighted by Crippen LogP contribution is -2.36. The largest absolute Gasteiger partial charge is 0.424 e. The Kier molecular flexibility index (Phi) is 5.75. The highest BCUT2D eigenvalue weighted by atomic mass is 16.5. The quantitative estimate of drug-likeness (QED) is 0.742. The van der Waals surface area contributed by atoms with Gasteiger partial charge < -0.3 is 14.9 Å². The Morgan fingerprint density at radius 2 is 2.05 bits per heavy atom. The molecule has 2 heterocycles. The smallest absolute Gasteiger partial charge is 0.230 e. The first-order valence-electron chi connectivity index (χ1n) is 7.17. The molecule has 0 amide bonds. The van der Waals surface area contributed by atoms with Gasteiger partial charge in [0, 0.05) is 26.1 Å². The van der Waals surface area contributed by atoms with E-state index in [9.17, 15) is 0 Å². The van der Waals surface area contributed by atoms with Crippen molar-refractivity contribution in [3.05, 3.63) is 11.8 Å². The summed E-state index contributed by atoms with van der Waals surface area (Å²) in [6.45, 7) is 6.30. The summed E-state index contributed by atoms with van der Waals surface area (Å²) in [6, 6.07) is 0. The third kappa shape index (κ3) is 4.56. The van der Waals surface area contributed by atoms with Crippen LogP contribution >= 0.6 is 0 Å². The van der Waals surface area contributed by atoms with E-state index < -0.39 is 0 Å². The minimum Gasteiger partial charge on any atom is -0.424 e. The first-order valence-corrected chi connectivity index (χ1v) is 7.17. The van der Waals surface area contributed by atoms with E-state index >= 15 is 0 Å². The molecule has 0 atom stereocenters. The molecular weight excluding hydrogens is 244 g/mol. The van der Waals surface area contributed by atoms with Gasteiger partial charge in [-0.15, -0.1) is 10.2 Å². The molecule has 6 nitrogen and oxygen atoms in total. The first-order chi connectivity index (χ1) is 9.31. The normalized spacial score (nSPS) is 18.0. The lowest BCUT2D eigenvalue weighted by atomic mass is 10.1. The fourth-order valence-corrected chi connectivity index (χ4v) is 2.25. The van der Waals surface area contributed by atoms with Crippen LogP contribution in [0.25, 0.3) is 0 Å². The maximum atomic E-state index is 5.79. The van der Waals surface area contributed by atoms with Crippen LogP contribution < -0.4 is 5.73 Å². The van der Waals surface area contributed by atoms with Crippen LogP contribution in [-0.2, 0) is 17.7 Å². The average Bonchev–Trinajstić information content (AvgIpc) is 2.89. The van der Waals surface area contributed by atoms with Crippen LogP contribution in [0.4, 0.5) is 0 Å².